The van der Waals surface area contributed by atoms with E-state index in [2.05, 4.69) is 4.72 Å². The first-order valence-corrected chi connectivity index (χ1v) is 6.88. The molecule has 0 radical (unpaired) electrons. The van der Waals surface area contributed by atoms with Gasteiger partial charge in [-0.2, -0.15) is 0 Å². The van der Waals surface area contributed by atoms with Crippen LogP contribution in [0.4, 0.5) is 0 Å². The van der Waals surface area contributed by atoms with Crippen molar-refractivity contribution >= 4 is 10.0 Å². The molecule has 0 saturated carbocycles. The maximum atomic E-state index is 11.5. The maximum absolute atomic E-state index is 11.5. The van der Waals surface area contributed by atoms with E-state index >= 15 is 0 Å². The summed E-state index contributed by atoms with van der Waals surface area (Å²) in [6.07, 6.45) is 0.748. The van der Waals surface area contributed by atoms with Crippen molar-refractivity contribution in [1.82, 2.24) is 4.72 Å². The lowest BCUT2D eigenvalue weighted by atomic mass is 10.2. The predicted molar refractivity (Wildman–Crippen MR) is 61.1 cm³/mol. The second kappa shape index (κ2) is 7.16. The lowest BCUT2D eigenvalue weighted by Gasteiger charge is -2.15. The topological polar surface area (TPSA) is 81.4 Å². The van der Waals surface area contributed by atoms with Gasteiger partial charge in [-0.25, -0.2) is 13.1 Å². The molecule has 0 aliphatic carbocycles. The van der Waals surface area contributed by atoms with Gasteiger partial charge in [0, 0.05) is 12.6 Å². The molecule has 0 spiro atoms. The Morgan fingerprint density at radius 3 is 2.40 bits per heavy atom. The molecule has 1 unspecified atom stereocenters. The smallest absolute Gasteiger partial charge is 0.214 e. The van der Waals surface area contributed by atoms with E-state index in [1.54, 1.807) is 0 Å². The summed E-state index contributed by atoms with van der Waals surface area (Å²) in [4.78, 5) is 0. The van der Waals surface area contributed by atoms with Crippen molar-refractivity contribution in [2.24, 2.45) is 5.73 Å². The van der Waals surface area contributed by atoms with Gasteiger partial charge in [0.1, 0.15) is 0 Å². The molecular weight excluding hydrogens is 216 g/mol. The van der Waals surface area contributed by atoms with Gasteiger partial charge in [0.2, 0.25) is 10.0 Å². The van der Waals surface area contributed by atoms with E-state index in [0.717, 1.165) is 0 Å². The van der Waals surface area contributed by atoms with Crippen LogP contribution in [0.1, 0.15) is 27.2 Å². The molecule has 0 aromatic heterocycles. The SMILES string of the molecule is CCC(CN)NS(=O)(=O)CCOC(C)C. The first-order valence-electron chi connectivity index (χ1n) is 5.23. The second-order valence-corrected chi connectivity index (χ2v) is 5.57. The first-order chi connectivity index (χ1) is 6.91. The Morgan fingerprint density at radius 2 is 2.00 bits per heavy atom. The van der Waals surface area contributed by atoms with Gasteiger partial charge in [0.05, 0.1) is 18.5 Å². The van der Waals surface area contributed by atoms with Crippen LogP contribution in [0.25, 0.3) is 0 Å². The third kappa shape index (κ3) is 7.72. The average molecular weight is 238 g/mol. The Bertz CT molecular complexity index is 248. The van der Waals surface area contributed by atoms with Crippen molar-refractivity contribution in [2.45, 2.75) is 39.3 Å². The minimum atomic E-state index is -3.26. The third-order valence-electron chi connectivity index (χ3n) is 1.93. The Hall–Kier alpha value is -0.170. The average Bonchev–Trinajstić information content (AvgIpc) is 2.13. The standard InChI is InChI=1S/C9H22N2O3S/c1-4-9(7-10)11-15(12,13)6-5-14-8(2)3/h8-9,11H,4-7,10H2,1-3H3. The molecule has 0 bridgehead atoms. The van der Waals surface area contributed by atoms with E-state index in [9.17, 15) is 8.42 Å². The van der Waals surface area contributed by atoms with E-state index in [4.69, 9.17) is 10.5 Å². The lowest BCUT2D eigenvalue weighted by Crippen LogP contribution is -2.41. The second-order valence-electron chi connectivity index (χ2n) is 3.70. The number of sulfonamides is 1. The van der Waals surface area contributed by atoms with Gasteiger partial charge in [-0.3, -0.25) is 0 Å². The summed E-state index contributed by atoms with van der Waals surface area (Å²) < 4.78 is 30.7. The number of hydrogen-bond donors (Lipinski definition) is 2. The highest BCUT2D eigenvalue weighted by Gasteiger charge is 2.15. The highest BCUT2D eigenvalue weighted by Crippen LogP contribution is 1.95. The molecule has 5 nitrogen and oxygen atoms in total. The molecular formula is C9H22N2O3S. The van der Waals surface area contributed by atoms with Gasteiger partial charge in [0.15, 0.2) is 0 Å². The number of ether oxygens (including phenoxy) is 1. The van der Waals surface area contributed by atoms with E-state index in [0.29, 0.717) is 13.0 Å². The normalized spacial score (nSPS) is 14.5. The zero-order valence-electron chi connectivity index (χ0n) is 9.69. The van der Waals surface area contributed by atoms with E-state index in [1.807, 2.05) is 20.8 Å². The number of hydrogen-bond acceptors (Lipinski definition) is 4. The summed E-state index contributed by atoms with van der Waals surface area (Å²) in [5.41, 5.74) is 5.41. The van der Waals surface area contributed by atoms with Crippen molar-refractivity contribution in [3.05, 3.63) is 0 Å². The summed E-state index contributed by atoms with van der Waals surface area (Å²) in [7, 11) is -3.26. The van der Waals surface area contributed by atoms with Crippen molar-refractivity contribution < 1.29 is 13.2 Å². The Kier molecular flexibility index (Phi) is 7.08. The molecule has 15 heavy (non-hydrogen) atoms. The molecule has 0 heterocycles. The third-order valence-corrected chi connectivity index (χ3v) is 3.32. The lowest BCUT2D eigenvalue weighted by molar-refractivity contribution is 0.0911. The van der Waals surface area contributed by atoms with Crippen LogP contribution in [-0.4, -0.2) is 39.5 Å². The minimum absolute atomic E-state index is 0.0122. The minimum Gasteiger partial charge on any atom is -0.378 e. The summed E-state index contributed by atoms with van der Waals surface area (Å²) in [6.45, 7) is 6.17. The van der Waals surface area contributed by atoms with E-state index in [1.165, 1.54) is 0 Å². The molecule has 0 amide bonds. The van der Waals surface area contributed by atoms with Crippen LogP contribution in [0.3, 0.4) is 0 Å². The van der Waals surface area contributed by atoms with Gasteiger partial charge >= 0.3 is 0 Å². The van der Waals surface area contributed by atoms with Gasteiger partial charge in [-0.05, 0) is 20.3 Å². The molecule has 0 rings (SSSR count). The molecule has 6 heteroatoms. The molecule has 0 aliphatic rings. The van der Waals surface area contributed by atoms with Crippen LogP contribution in [0.15, 0.2) is 0 Å². The number of rotatable bonds is 8. The maximum Gasteiger partial charge on any atom is 0.214 e. The summed E-state index contributed by atoms with van der Waals surface area (Å²) in [5, 5.41) is 0. The Balaban J connectivity index is 3.96. The number of nitrogens with two attached hydrogens (primary N) is 1. The zero-order valence-corrected chi connectivity index (χ0v) is 10.5. The molecule has 0 aliphatic heterocycles. The molecule has 0 saturated heterocycles. The fourth-order valence-corrected chi connectivity index (χ4v) is 2.21. The van der Waals surface area contributed by atoms with Crippen LogP contribution >= 0.6 is 0 Å². The zero-order chi connectivity index (χ0) is 11.9. The van der Waals surface area contributed by atoms with Gasteiger partial charge < -0.3 is 10.5 Å². The fraction of sp³-hybridized carbons (Fsp3) is 1.00. The van der Waals surface area contributed by atoms with Crippen molar-refractivity contribution in [3.8, 4) is 0 Å². The van der Waals surface area contributed by atoms with Gasteiger partial charge in [0.25, 0.3) is 0 Å². The van der Waals surface area contributed by atoms with Crippen LogP contribution in [-0.2, 0) is 14.8 Å². The summed E-state index contributed by atoms with van der Waals surface area (Å²) in [5.74, 6) is -0.0122. The highest BCUT2D eigenvalue weighted by atomic mass is 32.2. The molecule has 0 aromatic carbocycles. The molecule has 0 aromatic rings. The van der Waals surface area contributed by atoms with Crippen molar-refractivity contribution in [2.75, 3.05) is 18.9 Å². The van der Waals surface area contributed by atoms with E-state index in [-0.39, 0.29) is 24.5 Å². The number of nitrogens with one attached hydrogen (secondary N) is 1. The van der Waals surface area contributed by atoms with Gasteiger partial charge in [-0.1, -0.05) is 6.92 Å². The Labute approximate surface area is 92.4 Å². The highest BCUT2D eigenvalue weighted by molar-refractivity contribution is 7.89. The van der Waals surface area contributed by atoms with Crippen molar-refractivity contribution in [1.29, 1.82) is 0 Å². The molecule has 3 N–H and O–H groups in total. The van der Waals surface area contributed by atoms with Crippen LogP contribution in [0, 0.1) is 0 Å². The van der Waals surface area contributed by atoms with Crippen LogP contribution < -0.4 is 10.5 Å². The van der Waals surface area contributed by atoms with Crippen LogP contribution in [0.5, 0.6) is 0 Å². The van der Waals surface area contributed by atoms with Crippen LogP contribution in [0.2, 0.25) is 0 Å². The molecule has 92 valence electrons. The quantitative estimate of drug-likeness (QED) is 0.627. The molecule has 1 atom stereocenters. The molecule has 0 fully saturated rings. The summed E-state index contributed by atoms with van der Waals surface area (Å²) in [6, 6.07) is -0.172. The summed E-state index contributed by atoms with van der Waals surface area (Å²) >= 11 is 0. The van der Waals surface area contributed by atoms with Crippen molar-refractivity contribution in [3.63, 3.8) is 0 Å². The Morgan fingerprint density at radius 1 is 1.40 bits per heavy atom. The fourth-order valence-electron chi connectivity index (χ4n) is 1.00. The van der Waals surface area contributed by atoms with Gasteiger partial charge in [-0.15, -0.1) is 0 Å². The largest absolute Gasteiger partial charge is 0.378 e. The predicted octanol–water partition coefficient (Wildman–Crippen LogP) is 0.0681. The van der Waals surface area contributed by atoms with E-state index < -0.39 is 10.0 Å². The monoisotopic (exact) mass is 238 g/mol. The first kappa shape index (κ1) is 14.8.